The summed E-state index contributed by atoms with van der Waals surface area (Å²) in [5.74, 6) is 0.202. The van der Waals surface area contributed by atoms with Crippen LogP contribution in [0.15, 0.2) is 12.5 Å². The molecule has 5 nitrogen and oxygen atoms in total. The van der Waals surface area contributed by atoms with Crippen LogP contribution in [0.1, 0.15) is 37.8 Å². The number of amides is 1. The standard InChI is InChI=1S/C15H24N4O/c20-15(5-8-18-6-2-1-3-7-18)17-13-4-9-19-12-16-11-14(19)10-13/h11-13H,1-10H2,(H,17,20). The monoisotopic (exact) mass is 276 g/mol. The first kappa shape index (κ1) is 13.6. The van der Waals surface area contributed by atoms with E-state index in [9.17, 15) is 4.79 Å². The van der Waals surface area contributed by atoms with Crippen molar-refractivity contribution in [3.05, 3.63) is 18.2 Å². The van der Waals surface area contributed by atoms with E-state index in [1.165, 1.54) is 25.0 Å². The number of aryl methyl sites for hydroxylation is 1. The Labute approximate surface area is 120 Å². The second kappa shape index (κ2) is 6.39. The summed E-state index contributed by atoms with van der Waals surface area (Å²) in [5.41, 5.74) is 1.23. The van der Waals surface area contributed by atoms with Crippen LogP contribution in [0, 0.1) is 0 Å². The Kier molecular flexibility index (Phi) is 4.35. The van der Waals surface area contributed by atoms with Gasteiger partial charge in [0.05, 0.1) is 6.33 Å². The molecule has 0 spiro atoms. The van der Waals surface area contributed by atoms with E-state index < -0.39 is 0 Å². The number of carbonyl (C=O) groups excluding carboxylic acids is 1. The van der Waals surface area contributed by atoms with Gasteiger partial charge in [-0.3, -0.25) is 4.79 Å². The predicted octanol–water partition coefficient (Wildman–Crippen LogP) is 1.19. The van der Waals surface area contributed by atoms with Crippen molar-refractivity contribution in [2.45, 2.75) is 51.1 Å². The van der Waals surface area contributed by atoms with Crippen molar-refractivity contribution in [1.82, 2.24) is 19.8 Å². The van der Waals surface area contributed by atoms with Gasteiger partial charge in [-0.15, -0.1) is 0 Å². The van der Waals surface area contributed by atoms with Gasteiger partial charge in [0.15, 0.2) is 0 Å². The Morgan fingerprint density at radius 2 is 2.15 bits per heavy atom. The molecule has 1 atom stereocenters. The Morgan fingerprint density at radius 1 is 1.30 bits per heavy atom. The zero-order valence-corrected chi connectivity index (χ0v) is 12.1. The maximum Gasteiger partial charge on any atom is 0.221 e. The van der Waals surface area contributed by atoms with Gasteiger partial charge in [0.2, 0.25) is 5.91 Å². The van der Waals surface area contributed by atoms with Crippen molar-refractivity contribution in [1.29, 1.82) is 0 Å². The lowest BCUT2D eigenvalue weighted by atomic mass is 10.0. The number of nitrogens with one attached hydrogen (secondary N) is 1. The summed E-state index contributed by atoms with van der Waals surface area (Å²) in [5, 5.41) is 3.18. The van der Waals surface area contributed by atoms with Gasteiger partial charge in [-0.1, -0.05) is 6.42 Å². The number of hydrogen-bond donors (Lipinski definition) is 1. The van der Waals surface area contributed by atoms with Gasteiger partial charge in [0.25, 0.3) is 0 Å². The molecular formula is C15H24N4O. The summed E-state index contributed by atoms with van der Waals surface area (Å²) in [6.45, 7) is 4.20. The zero-order valence-electron chi connectivity index (χ0n) is 12.1. The Bertz CT molecular complexity index is 450. The van der Waals surface area contributed by atoms with Crippen LogP contribution in [0.5, 0.6) is 0 Å². The lowest BCUT2D eigenvalue weighted by molar-refractivity contribution is -0.122. The number of nitrogens with zero attached hydrogens (tertiary/aromatic N) is 3. The van der Waals surface area contributed by atoms with Crippen LogP contribution in [0.4, 0.5) is 0 Å². The Morgan fingerprint density at radius 3 is 3.00 bits per heavy atom. The summed E-state index contributed by atoms with van der Waals surface area (Å²) in [6, 6.07) is 0.285. The van der Waals surface area contributed by atoms with Crippen molar-refractivity contribution in [2.24, 2.45) is 0 Å². The maximum atomic E-state index is 12.0. The summed E-state index contributed by atoms with van der Waals surface area (Å²) in [4.78, 5) is 18.6. The van der Waals surface area contributed by atoms with Gasteiger partial charge in [-0.05, 0) is 32.4 Å². The molecule has 2 aliphatic heterocycles. The van der Waals surface area contributed by atoms with Crippen molar-refractivity contribution < 1.29 is 4.79 Å². The molecule has 0 aromatic carbocycles. The van der Waals surface area contributed by atoms with Gasteiger partial charge < -0.3 is 14.8 Å². The van der Waals surface area contributed by atoms with Gasteiger partial charge in [0.1, 0.15) is 0 Å². The van der Waals surface area contributed by atoms with Crippen molar-refractivity contribution in [2.75, 3.05) is 19.6 Å². The highest BCUT2D eigenvalue weighted by Gasteiger charge is 2.20. The molecule has 3 heterocycles. The number of carbonyl (C=O) groups is 1. The van der Waals surface area contributed by atoms with Crippen LogP contribution >= 0.6 is 0 Å². The molecule has 1 fully saturated rings. The Hall–Kier alpha value is -1.36. The topological polar surface area (TPSA) is 50.2 Å². The number of hydrogen-bond acceptors (Lipinski definition) is 3. The highest BCUT2D eigenvalue weighted by molar-refractivity contribution is 5.76. The zero-order chi connectivity index (χ0) is 13.8. The highest BCUT2D eigenvalue weighted by Crippen LogP contribution is 2.14. The van der Waals surface area contributed by atoms with Crippen molar-refractivity contribution >= 4 is 5.91 Å². The average molecular weight is 276 g/mol. The number of imidazole rings is 1. The molecular weight excluding hydrogens is 252 g/mol. The molecule has 20 heavy (non-hydrogen) atoms. The first-order valence-electron chi connectivity index (χ1n) is 7.82. The summed E-state index contributed by atoms with van der Waals surface area (Å²) in [7, 11) is 0. The van der Waals surface area contributed by atoms with Gasteiger partial charge in [-0.2, -0.15) is 0 Å². The molecule has 0 radical (unpaired) electrons. The van der Waals surface area contributed by atoms with Crippen LogP contribution in [0.2, 0.25) is 0 Å². The van der Waals surface area contributed by atoms with Crippen LogP contribution < -0.4 is 5.32 Å². The fourth-order valence-corrected chi connectivity index (χ4v) is 3.23. The number of aromatic nitrogens is 2. The Balaban J connectivity index is 1.41. The van der Waals surface area contributed by atoms with Crippen LogP contribution in [0.25, 0.3) is 0 Å². The van der Waals surface area contributed by atoms with Crippen LogP contribution in [-0.2, 0) is 17.8 Å². The fraction of sp³-hybridized carbons (Fsp3) is 0.733. The average Bonchev–Trinajstić information content (AvgIpc) is 2.94. The largest absolute Gasteiger partial charge is 0.353 e. The third-order valence-corrected chi connectivity index (χ3v) is 4.44. The van der Waals surface area contributed by atoms with Gasteiger partial charge in [0, 0.05) is 43.9 Å². The van der Waals surface area contributed by atoms with E-state index >= 15 is 0 Å². The lowest BCUT2D eigenvalue weighted by Crippen LogP contribution is -2.41. The quantitative estimate of drug-likeness (QED) is 0.899. The molecule has 2 aliphatic rings. The molecule has 1 N–H and O–H groups in total. The number of likely N-dealkylation sites (tertiary alicyclic amines) is 1. The van der Waals surface area contributed by atoms with Crippen LogP contribution in [-0.4, -0.2) is 46.0 Å². The number of rotatable bonds is 4. The number of fused-ring (bicyclic) bond motifs is 1. The summed E-state index contributed by atoms with van der Waals surface area (Å²) in [6.07, 6.45) is 10.3. The molecule has 1 amide bonds. The smallest absolute Gasteiger partial charge is 0.221 e. The van der Waals surface area contributed by atoms with E-state index in [4.69, 9.17) is 0 Å². The molecule has 0 saturated carbocycles. The van der Waals surface area contributed by atoms with Crippen molar-refractivity contribution in [3.63, 3.8) is 0 Å². The SMILES string of the molecule is O=C(CCN1CCCCC1)NC1CCn2cncc2C1. The van der Waals surface area contributed by atoms with E-state index in [-0.39, 0.29) is 11.9 Å². The third kappa shape index (κ3) is 3.39. The van der Waals surface area contributed by atoms with Gasteiger partial charge in [-0.25, -0.2) is 4.98 Å². The first-order chi connectivity index (χ1) is 9.81. The van der Waals surface area contributed by atoms with E-state index in [0.717, 1.165) is 39.0 Å². The highest BCUT2D eigenvalue weighted by atomic mass is 16.1. The van der Waals surface area contributed by atoms with E-state index in [2.05, 4.69) is 19.8 Å². The minimum atomic E-state index is 0.202. The molecule has 0 bridgehead atoms. The lowest BCUT2D eigenvalue weighted by Gasteiger charge is -2.27. The molecule has 110 valence electrons. The van der Waals surface area contributed by atoms with Crippen molar-refractivity contribution in [3.8, 4) is 0 Å². The fourth-order valence-electron chi connectivity index (χ4n) is 3.23. The molecule has 5 heteroatoms. The second-order valence-corrected chi connectivity index (χ2v) is 5.99. The minimum absolute atomic E-state index is 0.202. The van der Waals surface area contributed by atoms with E-state index in [1.54, 1.807) is 0 Å². The second-order valence-electron chi connectivity index (χ2n) is 5.99. The molecule has 1 aromatic rings. The molecule has 1 unspecified atom stereocenters. The summed E-state index contributed by atoms with van der Waals surface area (Å²) >= 11 is 0. The van der Waals surface area contributed by atoms with Crippen LogP contribution in [0.3, 0.4) is 0 Å². The molecule has 0 aliphatic carbocycles. The third-order valence-electron chi connectivity index (χ3n) is 4.44. The predicted molar refractivity (Wildman–Crippen MR) is 77.4 cm³/mol. The minimum Gasteiger partial charge on any atom is -0.353 e. The summed E-state index contributed by atoms with van der Waals surface area (Å²) < 4.78 is 2.18. The number of piperidine rings is 1. The van der Waals surface area contributed by atoms with E-state index in [0.29, 0.717) is 6.42 Å². The normalized spacial score (nSPS) is 23.3. The molecule has 3 rings (SSSR count). The molecule has 1 aromatic heterocycles. The van der Waals surface area contributed by atoms with Gasteiger partial charge >= 0.3 is 0 Å². The molecule has 1 saturated heterocycles. The van der Waals surface area contributed by atoms with E-state index in [1.807, 2.05) is 12.5 Å². The maximum absolute atomic E-state index is 12.0. The first-order valence-corrected chi connectivity index (χ1v) is 7.82.